The molecule has 0 spiro atoms. The van der Waals surface area contributed by atoms with E-state index >= 15 is 0 Å². The molecule has 0 aliphatic carbocycles. The first-order valence-electron chi connectivity index (χ1n) is 5.68. The molecule has 15 heavy (non-hydrogen) atoms. The van der Waals surface area contributed by atoms with Crippen molar-refractivity contribution in [2.75, 3.05) is 13.2 Å². The molecule has 1 aliphatic rings. The Bertz CT molecular complexity index is 245. The molecule has 0 saturated carbocycles. The number of carbonyl (C=O) groups is 2. The fourth-order valence-corrected chi connectivity index (χ4v) is 1.77. The first kappa shape index (κ1) is 12.1. The number of rotatable bonds is 5. The van der Waals surface area contributed by atoms with Gasteiger partial charge in [0.15, 0.2) is 0 Å². The van der Waals surface area contributed by atoms with Crippen LogP contribution in [0.3, 0.4) is 0 Å². The van der Waals surface area contributed by atoms with E-state index in [1.165, 1.54) is 4.90 Å². The fourth-order valence-electron chi connectivity index (χ4n) is 1.77. The van der Waals surface area contributed by atoms with Crippen LogP contribution < -0.4 is 0 Å². The molecule has 1 atom stereocenters. The number of imide groups is 1. The van der Waals surface area contributed by atoms with Crippen LogP contribution in [0, 0.1) is 0 Å². The summed E-state index contributed by atoms with van der Waals surface area (Å²) < 4.78 is 4.75. The fraction of sp³-hybridized carbons (Fsp3) is 0.800. The Labute approximate surface area is 91.2 Å². The molecule has 4 nitrogen and oxygen atoms in total. The van der Waals surface area contributed by atoms with Crippen LogP contribution in [0.4, 0.5) is 4.79 Å². The van der Waals surface area contributed by atoms with Gasteiger partial charge in [-0.3, -0.25) is 4.79 Å². The Balaban J connectivity index is 2.51. The Morgan fingerprint density at radius 1 is 1.67 bits per heavy atom. The first-order chi connectivity index (χ1) is 7.20. The highest BCUT2D eigenvalue weighted by Gasteiger charge is 2.32. The van der Waals surface area contributed by atoms with Crippen molar-refractivity contribution >= 4 is 19.3 Å². The van der Waals surface area contributed by atoms with Gasteiger partial charge in [-0.15, -0.1) is 0 Å². The summed E-state index contributed by atoms with van der Waals surface area (Å²) >= 11 is 0. The number of nitrogens with zero attached hydrogens (tertiary/aromatic N) is 1. The topological polar surface area (TPSA) is 46.6 Å². The van der Waals surface area contributed by atoms with E-state index in [4.69, 9.17) is 4.74 Å². The normalized spacial score (nSPS) is 17.5. The van der Waals surface area contributed by atoms with Crippen LogP contribution in [-0.2, 0) is 9.53 Å². The van der Waals surface area contributed by atoms with Crippen molar-refractivity contribution in [3.63, 3.8) is 0 Å². The third kappa shape index (κ3) is 2.98. The molecule has 1 saturated heterocycles. The predicted octanol–water partition coefficient (Wildman–Crippen LogP) is 1.43. The maximum Gasteiger partial charge on any atom is 0.416 e. The highest BCUT2D eigenvalue weighted by molar-refractivity contribution is 6.43. The third-order valence-electron chi connectivity index (χ3n) is 2.78. The molecule has 0 aromatic rings. The summed E-state index contributed by atoms with van der Waals surface area (Å²) in [6.07, 6.45) is 2.51. The Morgan fingerprint density at radius 3 is 2.87 bits per heavy atom. The average molecular weight is 211 g/mol. The van der Waals surface area contributed by atoms with Crippen LogP contribution in [-0.4, -0.2) is 37.3 Å². The van der Waals surface area contributed by atoms with E-state index in [2.05, 4.69) is 6.92 Å². The van der Waals surface area contributed by atoms with Gasteiger partial charge in [0.2, 0.25) is 5.91 Å². The summed E-state index contributed by atoms with van der Waals surface area (Å²) in [5, 5.41) is 0. The minimum Gasteiger partial charge on any atom is -0.447 e. The van der Waals surface area contributed by atoms with Gasteiger partial charge in [-0.2, -0.15) is 0 Å². The van der Waals surface area contributed by atoms with Crippen molar-refractivity contribution in [3.8, 4) is 0 Å². The van der Waals surface area contributed by atoms with E-state index in [0.717, 1.165) is 26.5 Å². The zero-order valence-corrected chi connectivity index (χ0v) is 9.49. The molecule has 84 valence electrons. The van der Waals surface area contributed by atoms with Gasteiger partial charge in [0.05, 0.1) is 6.54 Å². The van der Waals surface area contributed by atoms with E-state index in [1.807, 2.05) is 6.82 Å². The minimum atomic E-state index is -0.477. The van der Waals surface area contributed by atoms with Gasteiger partial charge in [0.1, 0.15) is 13.9 Å². The summed E-state index contributed by atoms with van der Waals surface area (Å²) in [6, 6.07) is 0. The monoisotopic (exact) mass is 211 g/mol. The smallest absolute Gasteiger partial charge is 0.416 e. The maximum absolute atomic E-state index is 11.9. The van der Waals surface area contributed by atoms with Crippen molar-refractivity contribution in [2.45, 2.75) is 38.8 Å². The highest BCUT2D eigenvalue weighted by atomic mass is 16.6. The summed E-state index contributed by atoms with van der Waals surface area (Å²) in [5.41, 5.74) is 0. The molecule has 1 fully saturated rings. The van der Waals surface area contributed by atoms with E-state index in [-0.39, 0.29) is 11.7 Å². The Morgan fingerprint density at radius 2 is 2.40 bits per heavy atom. The lowest BCUT2D eigenvalue weighted by Gasteiger charge is -2.18. The van der Waals surface area contributed by atoms with Crippen LogP contribution in [0.5, 0.6) is 0 Å². The minimum absolute atomic E-state index is 0.0180. The number of hydrogen-bond donors (Lipinski definition) is 0. The standard InChI is InChI=1S/C10H18BNO3/c1-3-4-5-8(11-2)9(13)12-6-7-15-10(12)14/h8,11H,3-7H2,1-2H3. The molecule has 1 heterocycles. The number of ether oxygens (including phenoxy) is 1. The largest absolute Gasteiger partial charge is 0.447 e. The average Bonchev–Trinajstić information content (AvgIpc) is 2.65. The van der Waals surface area contributed by atoms with Crippen molar-refractivity contribution in [1.29, 1.82) is 0 Å². The van der Waals surface area contributed by atoms with Gasteiger partial charge >= 0.3 is 6.09 Å². The zero-order chi connectivity index (χ0) is 11.3. The zero-order valence-electron chi connectivity index (χ0n) is 9.49. The van der Waals surface area contributed by atoms with E-state index in [1.54, 1.807) is 0 Å². The quantitative estimate of drug-likeness (QED) is 0.646. The molecule has 0 aromatic carbocycles. The Kier molecular flexibility index (Phi) is 4.65. The second kappa shape index (κ2) is 5.78. The summed E-state index contributed by atoms with van der Waals surface area (Å²) in [7, 11) is 0.794. The SMILES string of the molecule is CBC(CCCC)C(=O)N1CCOC1=O. The number of hydrogen-bond acceptors (Lipinski definition) is 3. The van der Waals surface area contributed by atoms with Crippen molar-refractivity contribution in [1.82, 2.24) is 4.90 Å². The number of amides is 2. The van der Waals surface area contributed by atoms with Crippen molar-refractivity contribution in [2.24, 2.45) is 0 Å². The molecule has 0 radical (unpaired) electrons. The van der Waals surface area contributed by atoms with Gasteiger partial charge in [-0.05, 0) is 6.42 Å². The second-order valence-electron chi connectivity index (χ2n) is 3.85. The molecular formula is C10H18BNO3. The molecule has 5 heteroatoms. The van der Waals surface area contributed by atoms with Crippen LogP contribution in [0.25, 0.3) is 0 Å². The number of cyclic esters (lactones) is 1. The molecule has 1 unspecified atom stereocenters. The van der Waals surface area contributed by atoms with E-state index < -0.39 is 6.09 Å². The molecule has 2 amide bonds. The first-order valence-corrected chi connectivity index (χ1v) is 5.68. The van der Waals surface area contributed by atoms with E-state index in [0.29, 0.717) is 13.2 Å². The molecule has 1 aliphatic heterocycles. The predicted molar refractivity (Wildman–Crippen MR) is 59.3 cm³/mol. The molecule has 1 rings (SSSR count). The van der Waals surface area contributed by atoms with Gasteiger partial charge in [0.25, 0.3) is 0 Å². The van der Waals surface area contributed by atoms with Gasteiger partial charge in [-0.25, -0.2) is 9.69 Å². The number of carbonyl (C=O) groups excluding carboxylic acids is 2. The lowest BCUT2D eigenvalue weighted by Crippen LogP contribution is -2.35. The van der Waals surface area contributed by atoms with Crippen LogP contribution in [0.15, 0.2) is 0 Å². The lowest BCUT2D eigenvalue weighted by atomic mass is 9.64. The van der Waals surface area contributed by atoms with Crippen LogP contribution >= 0.6 is 0 Å². The lowest BCUT2D eigenvalue weighted by molar-refractivity contribution is -0.127. The molecule has 0 N–H and O–H groups in total. The van der Waals surface area contributed by atoms with Crippen LogP contribution in [0.2, 0.25) is 12.6 Å². The molecular weight excluding hydrogens is 193 g/mol. The maximum atomic E-state index is 11.9. The van der Waals surface area contributed by atoms with Crippen molar-refractivity contribution < 1.29 is 14.3 Å². The number of unbranched alkanes of at least 4 members (excludes halogenated alkanes) is 1. The Hall–Kier alpha value is -0.995. The highest BCUT2D eigenvalue weighted by Crippen LogP contribution is 2.19. The van der Waals surface area contributed by atoms with Crippen molar-refractivity contribution in [3.05, 3.63) is 0 Å². The summed E-state index contributed by atoms with van der Waals surface area (Å²) in [5.74, 6) is -0.0796. The van der Waals surface area contributed by atoms with Gasteiger partial charge < -0.3 is 4.74 Å². The molecule has 0 bridgehead atoms. The van der Waals surface area contributed by atoms with Gasteiger partial charge in [-0.1, -0.05) is 26.6 Å². The summed E-state index contributed by atoms with van der Waals surface area (Å²) in [6.45, 7) is 4.84. The van der Waals surface area contributed by atoms with Crippen LogP contribution in [0.1, 0.15) is 26.2 Å². The van der Waals surface area contributed by atoms with Gasteiger partial charge in [0, 0.05) is 5.82 Å². The second-order valence-corrected chi connectivity index (χ2v) is 3.85. The summed E-state index contributed by atoms with van der Waals surface area (Å²) in [4.78, 5) is 24.4. The third-order valence-corrected chi connectivity index (χ3v) is 2.78. The van der Waals surface area contributed by atoms with E-state index in [9.17, 15) is 9.59 Å². The molecule has 0 aromatic heterocycles.